The molecule has 8 rings (SSSR count). The average Bonchev–Trinajstić information content (AvgIpc) is 3.61. The molecule has 0 spiro atoms. The Morgan fingerprint density at radius 2 is 1.38 bits per heavy atom. The van der Waals surface area contributed by atoms with E-state index in [1.165, 1.54) is 16.3 Å². The van der Waals surface area contributed by atoms with Crippen molar-refractivity contribution in [1.82, 2.24) is 9.55 Å². The van der Waals surface area contributed by atoms with Crippen LogP contribution in [0.1, 0.15) is 30.5 Å². The number of aromatic nitrogens is 2. The van der Waals surface area contributed by atoms with Crippen molar-refractivity contribution in [3.05, 3.63) is 163 Å². The Hall–Kier alpha value is -4.66. The van der Waals surface area contributed by atoms with E-state index in [2.05, 4.69) is 163 Å². The minimum Gasteiger partial charge on any atom is -0.493 e. The van der Waals surface area contributed by atoms with Crippen molar-refractivity contribution in [2.75, 3.05) is 9.80 Å². The maximum atomic E-state index is 4.76. The molecule has 45 heavy (non-hydrogen) atoms. The quantitative estimate of drug-likeness (QED) is 0.163. The van der Waals surface area contributed by atoms with Gasteiger partial charge in [-0.25, -0.2) is 4.98 Å². The number of hydrogen-bond acceptors (Lipinski definition) is 3. The number of anilines is 4. The number of benzene rings is 5. The Bertz CT molecular complexity index is 2170. The van der Waals surface area contributed by atoms with Gasteiger partial charge in [-0.3, -0.25) is 0 Å². The number of hydrogen-bond donors (Lipinski definition) is 0. The fraction of sp³-hybridized carbons (Fsp3) is 0.100. The Morgan fingerprint density at radius 1 is 0.667 bits per heavy atom. The van der Waals surface area contributed by atoms with E-state index in [0.717, 1.165) is 50.7 Å². The molecule has 1 aliphatic heterocycles. The van der Waals surface area contributed by atoms with Gasteiger partial charge in [0.2, 0.25) is 0 Å². The summed E-state index contributed by atoms with van der Waals surface area (Å²) in [4.78, 5) is 9.23. The summed E-state index contributed by atoms with van der Waals surface area (Å²) in [6.07, 6.45) is 1.88. The zero-order valence-electron chi connectivity index (χ0n) is 25.3. The number of pyridine rings is 1. The topological polar surface area (TPSA) is 24.3 Å². The van der Waals surface area contributed by atoms with Crippen molar-refractivity contribution in [2.24, 2.45) is 0 Å². The Kier molecular flexibility index (Phi) is 7.34. The zero-order valence-corrected chi connectivity index (χ0v) is 27.6. The van der Waals surface area contributed by atoms with Crippen LogP contribution in [0, 0.1) is 25.7 Å². The van der Waals surface area contributed by atoms with Crippen molar-refractivity contribution in [1.29, 1.82) is 0 Å². The number of fused-ring (bicyclic) bond motifs is 4. The Morgan fingerprint density at radius 3 is 2.18 bits per heavy atom. The van der Waals surface area contributed by atoms with Gasteiger partial charge in [-0.05, 0) is 65.8 Å². The van der Waals surface area contributed by atoms with Crippen LogP contribution in [0.3, 0.4) is 0 Å². The van der Waals surface area contributed by atoms with Gasteiger partial charge in [0.25, 0.3) is 0 Å². The van der Waals surface area contributed by atoms with Gasteiger partial charge in [-0.1, -0.05) is 67.9 Å². The second kappa shape index (κ2) is 11.4. The number of rotatable bonds is 5. The standard InChI is InChI=1S/C40H31N4.Pt/c1-28-22-23-41-39(24-28)44-35-17-8-7-16-33(35)34-21-20-30(26-38(34)44)40(2,3)29-12-11-15-32(25-29)43-27-42(31-13-5-4-6-14-31)36-18-9-10-19-37(36)43;/h4-24,27H,1-3H3;/q-3;. The molecule has 0 bridgehead atoms. The predicted octanol–water partition coefficient (Wildman–Crippen LogP) is 9.82. The van der Waals surface area contributed by atoms with E-state index < -0.39 is 0 Å². The van der Waals surface area contributed by atoms with E-state index in [0.29, 0.717) is 0 Å². The third-order valence-corrected chi connectivity index (χ3v) is 8.77. The summed E-state index contributed by atoms with van der Waals surface area (Å²) in [7, 11) is 0. The Labute approximate surface area is 278 Å². The fourth-order valence-electron chi connectivity index (χ4n) is 6.34. The van der Waals surface area contributed by atoms with E-state index in [9.17, 15) is 0 Å². The van der Waals surface area contributed by atoms with Gasteiger partial charge in [-0.15, -0.1) is 17.7 Å². The normalized spacial score (nSPS) is 12.9. The molecule has 0 atom stereocenters. The average molecular weight is 763 g/mol. The van der Waals surface area contributed by atoms with Crippen molar-refractivity contribution in [2.45, 2.75) is 26.2 Å². The number of para-hydroxylation sites is 4. The molecule has 2 aromatic heterocycles. The van der Waals surface area contributed by atoms with E-state index in [1.54, 1.807) is 0 Å². The van der Waals surface area contributed by atoms with Crippen LogP contribution in [-0.4, -0.2) is 9.55 Å². The number of nitrogens with zero attached hydrogens (tertiary/aromatic N) is 4. The molecule has 0 saturated heterocycles. The van der Waals surface area contributed by atoms with Crippen molar-refractivity contribution in [3.63, 3.8) is 0 Å². The SMILES string of the molecule is Cc1ccnc(-n2c3[c-]c(C(C)(C)c4[c-]c(N5[CH-]N(c6ccccc6)c6ccccc65)ccc4)ccc3c3ccccc32)c1.[Pt]. The predicted molar refractivity (Wildman–Crippen MR) is 181 cm³/mol. The fourth-order valence-corrected chi connectivity index (χ4v) is 6.34. The molecule has 7 aromatic rings. The molecule has 224 valence electrons. The summed E-state index contributed by atoms with van der Waals surface area (Å²) in [5.41, 5.74) is 9.59. The summed E-state index contributed by atoms with van der Waals surface area (Å²) in [6.45, 7) is 8.79. The maximum Gasteiger partial charge on any atom is 0.135 e. The van der Waals surface area contributed by atoms with Crippen molar-refractivity contribution >= 4 is 44.6 Å². The first kappa shape index (κ1) is 29.1. The van der Waals surface area contributed by atoms with E-state index in [4.69, 9.17) is 4.98 Å². The van der Waals surface area contributed by atoms with Gasteiger partial charge < -0.3 is 14.4 Å². The molecule has 0 N–H and O–H groups in total. The molecule has 4 nitrogen and oxygen atoms in total. The van der Waals surface area contributed by atoms with Crippen LogP contribution >= 0.6 is 0 Å². The second-order valence-electron chi connectivity index (χ2n) is 11.9. The van der Waals surface area contributed by atoms with Gasteiger partial charge in [0.1, 0.15) is 5.82 Å². The first-order chi connectivity index (χ1) is 21.5. The third-order valence-electron chi connectivity index (χ3n) is 8.77. The van der Waals surface area contributed by atoms with E-state index in [-0.39, 0.29) is 26.5 Å². The maximum absolute atomic E-state index is 4.76. The molecule has 0 aliphatic carbocycles. The smallest absolute Gasteiger partial charge is 0.135 e. The summed E-state index contributed by atoms with van der Waals surface area (Å²) in [5, 5.41) is 2.37. The van der Waals surface area contributed by atoms with Gasteiger partial charge >= 0.3 is 0 Å². The molecule has 5 heteroatoms. The molecule has 0 radical (unpaired) electrons. The minimum atomic E-state index is -0.357. The largest absolute Gasteiger partial charge is 0.493 e. The van der Waals surface area contributed by atoms with Crippen LogP contribution < -0.4 is 9.80 Å². The van der Waals surface area contributed by atoms with Crippen LogP contribution in [0.15, 0.2) is 128 Å². The van der Waals surface area contributed by atoms with Crippen molar-refractivity contribution < 1.29 is 21.1 Å². The summed E-state index contributed by atoms with van der Waals surface area (Å²) >= 11 is 0. The molecular weight excluding hydrogens is 732 g/mol. The molecule has 3 heterocycles. The third kappa shape index (κ3) is 4.85. The number of aryl methyl sites for hydroxylation is 1. The molecule has 5 aromatic carbocycles. The molecule has 0 saturated carbocycles. The van der Waals surface area contributed by atoms with E-state index in [1.807, 2.05) is 18.3 Å². The molecule has 1 aliphatic rings. The second-order valence-corrected chi connectivity index (χ2v) is 11.9. The monoisotopic (exact) mass is 762 g/mol. The molecule has 0 fully saturated rings. The summed E-state index contributed by atoms with van der Waals surface area (Å²) in [5.74, 6) is 0.905. The Balaban J connectivity index is 0.00000325. The van der Waals surface area contributed by atoms with Gasteiger partial charge in [0.15, 0.2) is 0 Å². The molecule has 0 amide bonds. The first-order valence-corrected chi connectivity index (χ1v) is 15.0. The minimum absolute atomic E-state index is 0. The van der Waals surface area contributed by atoms with Crippen LogP contribution in [0.25, 0.3) is 27.6 Å². The van der Waals surface area contributed by atoms with Gasteiger partial charge in [0, 0.05) is 49.8 Å². The van der Waals surface area contributed by atoms with E-state index >= 15 is 0 Å². The summed E-state index contributed by atoms with van der Waals surface area (Å²) < 4.78 is 2.24. The van der Waals surface area contributed by atoms with Crippen LogP contribution in [0.2, 0.25) is 0 Å². The van der Waals surface area contributed by atoms with Crippen molar-refractivity contribution in [3.8, 4) is 5.82 Å². The summed E-state index contributed by atoms with van der Waals surface area (Å²) in [6, 6.07) is 50.2. The van der Waals surface area contributed by atoms with Crippen LogP contribution in [-0.2, 0) is 26.5 Å². The van der Waals surface area contributed by atoms with Gasteiger partial charge in [0.05, 0.1) is 0 Å². The first-order valence-electron chi connectivity index (χ1n) is 15.0. The molecule has 0 unspecified atom stereocenters. The zero-order chi connectivity index (χ0) is 29.8. The van der Waals surface area contributed by atoms with Gasteiger partial charge in [-0.2, -0.15) is 53.6 Å². The van der Waals surface area contributed by atoms with Crippen LogP contribution in [0.4, 0.5) is 22.7 Å². The molecular formula is C40H31N4Pt-3. The van der Waals surface area contributed by atoms with Crippen LogP contribution in [0.5, 0.6) is 0 Å².